The summed E-state index contributed by atoms with van der Waals surface area (Å²) in [6.07, 6.45) is 0.637. The summed E-state index contributed by atoms with van der Waals surface area (Å²) in [4.78, 5) is 23.5. The standard InChI is InChI=1S/C21H23N3O4/c1-21(20(27)28-2)13-18(15-6-4-3-5-7-15)23-24(21)16-10-8-14(9-11-16)12-17(22)19(25)26/h3-11,17H,12-13,22H2,1-2H3,(H,25,26). The molecule has 0 bridgehead atoms. The van der Waals surface area contributed by atoms with Gasteiger partial charge in [-0.3, -0.25) is 4.79 Å². The van der Waals surface area contributed by atoms with Gasteiger partial charge in [-0.1, -0.05) is 42.5 Å². The van der Waals surface area contributed by atoms with Crippen molar-refractivity contribution in [3.8, 4) is 0 Å². The number of methoxy groups -OCH3 is 1. The summed E-state index contributed by atoms with van der Waals surface area (Å²) in [5, 5.41) is 15.3. The Labute approximate surface area is 163 Å². The lowest BCUT2D eigenvalue weighted by Crippen LogP contribution is -2.48. The van der Waals surface area contributed by atoms with Crippen molar-refractivity contribution >= 4 is 23.3 Å². The lowest BCUT2D eigenvalue weighted by Gasteiger charge is -2.31. The summed E-state index contributed by atoms with van der Waals surface area (Å²) in [7, 11) is 1.36. The molecule has 0 saturated heterocycles. The van der Waals surface area contributed by atoms with Crippen molar-refractivity contribution in [2.24, 2.45) is 10.8 Å². The number of hydrazone groups is 1. The number of hydrogen-bond donors (Lipinski definition) is 2. The van der Waals surface area contributed by atoms with Crippen molar-refractivity contribution in [2.75, 3.05) is 12.1 Å². The first-order valence-corrected chi connectivity index (χ1v) is 8.94. The number of ether oxygens (including phenoxy) is 1. The maximum absolute atomic E-state index is 12.6. The second-order valence-electron chi connectivity index (χ2n) is 6.98. The van der Waals surface area contributed by atoms with E-state index in [0.29, 0.717) is 12.1 Å². The normalized spacial score (nSPS) is 19.8. The molecular formula is C21H23N3O4. The Hall–Kier alpha value is -3.19. The fourth-order valence-electron chi connectivity index (χ4n) is 3.29. The van der Waals surface area contributed by atoms with Crippen molar-refractivity contribution in [3.63, 3.8) is 0 Å². The molecule has 3 N–H and O–H groups in total. The van der Waals surface area contributed by atoms with Gasteiger partial charge >= 0.3 is 11.9 Å². The van der Waals surface area contributed by atoms with Gasteiger partial charge in [0.15, 0.2) is 5.54 Å². The maximum Gasteiger partial charge on any atom is 0.333 e. The molecule has 28 heavy (non-hydrogen) atoms. The lowest BCUT2D eigenvalue weighted by molar-refractivity contribution is -0.146. The molecule has 0 fully saturated rings. The molecule has 2 atom stereocenters. The van der Waals surface area contributed by atoms with E-state index in [-0.39, 0.29) is 12.4 Å². The third-order valence-corrected chi connectivity index (χ3v) is 4.89. The summed E-state index contributed by atoms with van der Waals surface area (Å²) in [5.74, 6) is -1.42. The molecule has 0 saturated carbocycles. The fourth-order valence-corrected chi connectivity index (χ4v) is 3.29. The van der Waals surface area contributed by atoms with Crippen molar-refractivity contribution in [1.82, 2.24) is 0 Å². The Kier molecular flexibility index (Phi) is 5.46. The fraction of sp³-hybridized carbons (Fsp3) is 0.286. The molecule has 2 unspecified atom stereocenters. The van der Waals surface area contributed by atoms with E-state index in [1.54, 1.807) is 24.1 Å². The molecule has 0 amide bonds. The van der Waals surface area contributed by atoms with E-state index < -0.39 is 17.6 Å². The van der Waals surface area contributed by atoms with Gasteiger partial charge in [0.05, 0.1) is 18.5 Å². The van der Waals surface area contributed by atoms with E-state index in [9.17, 15) is 9.59 Å². The van der Waals surface area contributed by atoms with Crippen molar-refractivity contribution < 1.29 is 19.4 Å². The van der Waals surface area contributed by atoms with Gasteiger partial charge in [-0.2, -0.15) is 5.10 Å². The zero-order valence-electron chi connectivity index (χ0n) is 15.8. The summed E-state index contributed by atoms with van der Waals surface area (Å²) >= 11 is 0. The van der Waals surface area contributed by atoms with Gasteiger partial charge in [-0.25, -0.2) is 9.80 Å². The topological polar surface area (TPSA) is 105 Å². The molecule has 0 radical (unpaired) electrons. The van der Waals surface area contributed by atoms with E-state index in [1.807, 2.05) is 42.5 Å². The minimum absolute atomic E-state index is 0.225. The number of hydrogen-bond acceptors (Lipinski definition) is 6. The van der Waals surface area contributed by atoms with Crippen LogP contribution in [0.25, 0.3) is 0 Å². The first kappa shape index (κ1) is 19.6. The molecule has 2 aromatic rings. The van der Waals surface area contributed by atoms with Crippen LogP contribution in [0.4, 0.5) is 5.69 Å². The number of esters is 1. The minimum atomic E-state index is -1.04. The number of carboxylic acid groups (broad SMARTS) is 1. The van der Waals surface area contributed by atoms with Crippen LogP contribution in [0.2, 0.25) is 0 Å². The Morgan fingerprint density at radius 3 is 2.43 bits per heavy atom. The Morgan fingerprint density at radius 2 is 1.86 bits per heavy atom. The minimum Gasteiger partial charge on any atom is -0.480 e. The van der Waals surface area contributed by atoms with Gasteiger partial charge in [0.2, 0.25) is 0 Å². The molecule has 146 valence electrons. The predicted molar refractivity (Wildman–Crippen MR) is 106 cm³/mol. The van der Waals surface area contributed by atoms with Crippen LogP contribution in [0.3, 0.4) is 0 Å². The molecule has 0 aromatic heterocycles. The second-order valence-corrected chi connectivity index (χ2v) is 6.98. The van der Waals surface area contributed by atoms with E-state index in [0.717, 1.165) is 16.8 Å². The number of benzene rings is 2. The number of aliphatic carboxylic acids is 1. The highest BCUT2D eigenvalue weighted by molar-refractivity contribution is 6.08. The summed E-state index contributed by atoms with van der Waals surface area (Å²) in [6, 6.07) is 15.9. The van der Waals surface area contributed by atoms with Crippen LogP contribution < -0.4 is 10.7 Å². The van der Waals surface area contributed by atoms with Crippen LogP contribution in [0.15, 0.2) is 59.7 Å². The van der Waals surface area contributed by atoms with Crippen LogP contribution in [-0.2, 0) is 20.7 Å². The van der Waals surface area contributed by atoms with Gasteiger partial charge in [-0.05, 0) is 36.6 Å². The van der Waals surface area contributed by atoms with Gasteiger partial charge in [0, 0.05) is 6.42 Å². The second kappa shape index (κ2) is 7.82. The van der Waals surface area contributed by atoms with Crippen molar-refractivity contribution in [3.05, 3.63) is 65.7 Å². The van der Waals surface area contributed by atoms with Gasteiger partial charge in [-0.15, -0.1) is 0 Å². The highest BCUT2D eigenvalue weighted by Crippen LogP contribution is 2.35. The number of rotatable bonds is 6. The summed E-state index contributed by atoms with van der Waals surface area (Å²) in [5.41, 5.74) is 7.88. The van der Waals surface area contributed by atoms with E-state index in [1.165, 1.54) is 7.11 Å². The number of nitrogens with zero attached hydrogens (tertiary/aromatic N) is 2. The average molecular weight is 381 g/mol. The first-order valence-electron chi connectivity index (χ1n) is 8.94. The Bertz CT molecular complexity index is 896. The Balaban J connectivity index is 1.93. The molecule has 7 nitrogen and oxygen atoms in total. The summed E-state index contributed by atoms with van der Waals surface area (Å²) < 4.78 is 5.04. The van der Waals surface area contributed by atoms with Crippen molar-refractivity contribution in [2.45, 2.75) is 31.3 Å². The van der Waals surface area contributed by atoms with E-state index >= 15 is 0 Å². The van der Waals surface area contributed by atoms with Crippen LogP contribution in [0, 0.1) is 0 Å². The maximum atomic E-state index is 12.6. The smallest absolute Gasteiger partial charge is 0.333 e. The molecular weight excluding hydrogens is 358 g/mol. The zero-order chi connectivity index (χ0) is 20.3. The molecule has 1 aliphatic heterocycles. The summed E-state index contributed by atoms with van der Waals surface area (Å²) in [6.45, 7) is 1.80. The first-order chi connectivity index (χ1) is 13.3. The van der Waals surface area contributed by atoms with Gasteiger partial charge in [0.1, 0.15) is 6.04 Å². The zero-order valence-corrected chi connectivity index (χ0v) is 15.8. The molecule has 1 aliphatic rings. The number of anilines is 1. The number of carbonyl (C=O) groups is 2. The average Bonchev–Trinajstić information content (AvgIpc) is 3.07. The van der Waals surface area contributed by atoms with Crippen LogP contribution in [-0.4, -0.2) is 41.4 Å². The molecule has 3 rings (SSSR count). The highest BCUT2D eigenvalue weighted by Gasteiger charge is 2.47. The van der Waals surface area contributed by atoms with E-state index in [2.05, 4.69) is 0 Å². The van der Waals surface area contributed by atoms with Gasteiger partial charge < -0.3 is 15.6 Å². The Morgan fingerprint density at radius 1 is 1.21 bits per heavy atom. The molecule has 0 spiro atoms. The quantitative estimate of drug-likeness (QED) is 0.743. The number of carboxylic acids is 1. The monoisotopic (exact) mass is 381 g/mol. The van der Waals surface area contributed by atoms with Crippen LogP contribution >= 0.6 is 0 Å². The molecule has 0 aliphatic carbocycles. The lowest BCUT2D eigenvalue weighted by atomic mass is 9.92. The van der Waals surface area contributed by atoms with Gasteiger partial charge in [0.25, 0.3) is 0 Å². The predicted octanol–water partition coefficient (Wildman–Crippen LogP) is 2.19. The van der Waals surface area contributed by atoms with Crippen molar-refractivity contribution in [1.29, 1.82) is 0 Å². The molecule has 7 heteroatoms. The third-order valence-electron chi connectivity index (χ3n) is 4.89. The SMILES string of the molecule is COC(=O)C1(C)CC(c2ccccc2)=NN1c1ccc(CC(N)C(=O)O)cc1. The molecule has 2 aromatic carbocycles. The highest BCUT2D eigenvalue weighted by atomic mass is 16.5. The van der Waals surface area contributed by atoms with Crippen LogP contribution in [0.5, 0.6) is 0 Å². The third kappa shape index (κ3) is 3.75. The number of nitrogens with two attached hydrogens (primary N) is 1. The molecule has 1 heterocycles. The largest absolute Gasteiger partial charge is 0.480 e. The van der Waals surface area contributed by atoms with Crippen LogP contribution in [0.1, 0.15) is 24.5 Å². The van der Waals surface area contributed by atoms with E-state index in [4.69, 9.17) is 20.7 Å². The number of carbonyl (C=O) groups excluding carboxylic acids is 1.